The maximum Gasteiger partial charge on any atom is 0.139 e. The lowest BCUT2D eigenvalue weighted by Gasteiger charge is -2.01. The monoisotopic (exact) mass is 1450 g/mol. The van der Waals surface area contributed by atoms with Crippen LogP contribution in [0.5, 0.6) is 0 Å². The van der Waals surface area contributed by atoms with Crippen molar-refractivity contribution in [1.82, 2.24) is 0 Å². The first kappa shape index (κ1) is 67.7. The molecule has 18 aromatic rings. The molecule has 0 saturated carbocycles. The van der Waals surface area contributed by atoms with Crippen LogP contribution >= 0.6 is 34.0 Å². The van der Waals surface area contributed by atoms with Gasteiger partial charge in [-0.15, -0.1) is 34.0 Å². The van der Waals surface area contributed by atoms with Crippen molar-refractivity contribution in [3.63, 3.8) is 0 Å². The van der Waals surface area contributed by atoms with Crippen LogP contribution in [0.1, 0.15) is 134 Å². The maximum atomic E-state index is 6.06. The average molecular weight is 1450 g/mol. The smallest absolute Gasteiger partial charge is 0.139 e. The van der Waals surface area contributed by atoms with Crippen molar-refractivity contribution in [3.8, 4) is 65.3 Å². The number of hydrogen-bond donors (Lipinski definition) is 0. The Labute approximate surface area is 644 Å². The minimum Gasteiger partial charge on any atom is -0.456 e. The fourth-order valence-electron chi connectivity index (χ4n) is 17.6. The third-order valence-electron chi connectivity index (χ3n) is 22.9. The van der Waals surface area contributed by atoms with E-state index in [-0.39, 0.29) is 0 Å². The summed E-state index contributed by atoms with van der Waals surface area (Å²) in [6.07, 6.45) is 6.33. The van der Waals surface area contributed by atoms with Crippen molar-refractivity contribution in [2.45, 2.75) is 122 Å². The van der Waals surface area contributed by atoms with Gasteiger partial charge in [-0.25, -0.2) is 0 Å². The Bertz CT molecular complexity index is 5720. The Morgan fingerprint density at radius 1 is 0.194 bits per heavy atom. The lowest BCUT2D eigenvalue weighted by Crippen LogP contribution is -1.83. The number of rotatable bonds is 0. The molecular formula is C102H84O3S3. The Kier molecular flexibility index (Phi) is 16.6. The van der Waals surface area contributed by atoms with E-state index in [4.69, 9.17) is 13.3 Å². The highest BCUT2D eigenvalue weighted by Crippen LogP contribution is 2.52. The molecule has 3 nitrogen and oxygen atoms in total. The van der Waals surface area contributed by atoms with Gasteiger partial charge in [-0.2, -0.15) is 0 Å². The first-order valence-corrected chi connectivity index (χ1v) is 40.5. The molecule has 6 aliphatic rings. The fourth-order valence-corrected chi connectivity index (χ4v) is 21.7. The average Bonchev–Trinajstić information content (AvgIpc) is 1.64. The molecule has 24 rings (SSSR count). The number of aryl methyl sites for hydroxylation is 12. The highest BCUT2D eigenvalue weighted by atomic mass is 32.1. The van der Waals surface area contributed by atoms with Gasteiger partial charge in [0.05, 0.1) is 0 Å². The molecule has 0 saturated heterocycles. The minimum absolute atomic E-state index is 1.00. The number of hydrogen-bond acceptors (Lipinski definition) is 6. The van der Waals surface area contributed by atoms with Crippen LogP contribution in [-0.2, 0) is 38.5 Å². The van der Waals surface area contributed by atoms with Gasteiger partial charge >= 0.3 is 0 Å². The molecule has 108 heavy (non-hydrogen) atoms. The summed E-state index contributed by atoms with van der Waals surface area (Å²) in [6, 6.07) is 80.3. The second kappa shape index (κ2) is 26.5. The van der Waals surface area contributed by atoms with E-state index in [1.165, 1.54) is 228 Å². The molecule has 6 heterocycles. The van der Waals surface area contributed by atoms with Crippen molar-refractivity contribution in [3.05, 3.63) is 352 Å². The van der Waals surface area contributed by atoms with Crippen LogP contribution in [0.15, 0.2) is 232 Å². The highest BCUT2D eigenvalue weighted by Gasteiger charge is 2.31. The van der Waals surface area contributed by atoms with Gasteiger partial charge in [0.25, 0.3) is 0 Å². The SMILES string of the molecule is Cc1ccc2c(c1)Cc1c-2oc2cc(C)ccc12.Cc1ccc2c(c1)Cc1c-2oc2cc(C)ccc12.Cc1ccc2c(c1)Cc1c-2oc2cc(C)ccc12.Cc1ccc2c(c1)Cc1c-2sc2cc(C)ccc12.Cc1ccc2c(c1)Cc1c-2sc2cc(C)ccc12.Cc1ccc2c(c1)Cc1c-2sc2cc(C)ccc12. The molecule has 0 spiro atoms. The van der Waals surface area contributed by atoms with Gasteiger partial charge in [-0.1, -0.05) is 215 Å². The molecule has 0 fully saturated rings. The van der Waals surface area contributed by atoms with E-state index in [0.29, 0.717) is 0 Å². The molecule has 12 aromatic carbocycles. The topological polar surface area (TPSA) is 39.4 Å². The molecule has 0 radical (unpaired) electrons. The number of thiophene rings is 3. The first-order chi connectivity index (χ1) is 52.3. The van der Waals surface area contributed by atoms with Crippen molar-refractivity contribution in [1.29, 1.82) is 0 Å². The second-order valence-electron chi connectivity index (χ2n) is 31.5. The molecular weight excluding hydrogens is 1370 g/mol. The second-order valence-corrected chi connectivity index (χ2v) is 34.6. The third kappa shape index (κ3) is 12.0. The minimum atomic E-state index is 1.00. The Balaban J connectivity index is 0.0000000882. The van der Waals surface area contributed by atoms with Gasteiger partial charge < -0.3 is 13.3 Å². The molecule has 0 atom stereocenters. The van der Waals surface area contributed by atoms with Crippen LogP contribution < -0.4 is 0 Å². The lowest BCUT2D eigenvalue weighted by atomic mass is 10.1. The molecule has 0 N–H and O–H groups in total. The molecule has 0 unspecified atom stereocenters. The summed E-state index contributed by atoms with van der Waals surface area (Å²) in [6.45, 7) is 25.8. The van der Waals surface area contributed by atoms with Gasteiger partial charge in [-0.3, -0.25) is 0 Å². The van der Waals surface area contributed by atoms with E-state index < -0.39 is 0 Å². The van der Waals surface area contributed by atoms with Gasteiger partial charge in [0.1, 0.15) is 34.0 Å². The predicted octanol–water partition coefficient (Wildman–Crippen LogP) is 29.1. The van der Waals surface area contributed by atoms with Gasteiger partial charge in [0.15, 0.2) is 0 Å². The Morgan fingerprint density at radius 3 is 0.648 bits per heavy atom. The van der Waals surface area contributed by atoms with Gasteiger partial charge in [0.2, 0.25) is 0 Å². The largest absolute Gasteiger partial charge is 0.456 e. The quantitative estimate of drug-likeness (QED) is 0.152. The van der Waals surface area contributed by atoms with Crippen molar-refractivity contribution in [2.24, 2.45) is 0 Å². The van der Waals surface area contributed by atoms with E-state index >= 15 is 0 Å². The highest BCUT2D eigenvalue weighted by molar-refractivity contribution is 7.23. The standard InChI is InChI=1S/3C17H14O.3C17H14S/c6*1-10-3-5-13-12(7-10)9-15-14-6-4-11(2)8-16(14)18-17(13)15/h6*3-8H,9H2,1-2H3. The predicted molar refractivity (Wildman–Crippen MR) is 460 cm³/mol. The van der Waals surface area contributed by atoms with E-state index in [0.717, 1.165) is 72.6 Å². The molecule has 0 amide bonds. The number of furan rings is 3. The van der Waals surface area contributed by atoms with E-state index in [2.05, 4.69) is 301 Å². The van der Waals surface area contributed by atoms with Crippen LogP contribution in [0.3, 0.4) is 0 Å². The fraction of sp³-hybridized carbons (Fsp3) is 0.176. The van der Waals surface area contributed by atoms with E-state index in [1.807, 2.05) is 34.0 Å². The molecule has 0 bridgehead atoms. The van der Waals surface area contributed by atoms with Crippen LogP contribution in [0.2, 0.25) is 0 Å². The zero-order chi connectivity index (χ0) is 73.7. The summed E-state index contributed by atoms with van der Waals surface area (Å²) >= 11 is 5.85. The van der Waals surface area contributed by atoms with Crippen LogP contribution in [0.4, 0.5) is 0 Å². The van der Waals surface area contributed by atoms with Crippen LogP contribution in [0.25, 0.3) is 128 Å². The van der Waals surface area contributed by atoms with Crippen LogP contribution in [-0.4, -0.2) is 0 Å². The number of benzene rings is 12. The lowest BCUT2D eigenvalue weighted by molar-refractivity contribution is 0.630. The normalized spacial score (nSPS) is 12.8. The summed E-state index contributed by atoms with van der Waals surface area (Å²) in [4.78, 5) is 4.47. The first-order valence-electron chi connectivity index (χ1n) is 38.0. The van der Waals surface area contributed by atoms with Crippen molar-refractivity contribution in [2.75, 3.05) is 0 Å². The maximum absolute atomic E-state index is 6.06. The van der Waals surface area contributed by atoms with Crippen molar-refractivity contribution >= 4 is 97.2 Å². The van der Waals surface area contributed by atoms with E-state index in [9.17, 15) is 0 Å². The molecule has 6 aromatic heterocycles. The zero-order valence-corrected chi connectivity index (χ0v) is 65.9. The van der Waals surface area contributed by atoms with Gasteiger partial charge in [-0.05, 0) is 236 Å². The van der Waals surface area contributed by atoms with Crippen LogP contribution in [0, 0.1) is 83.1 Å². The molecule has 6 aliphatic carbocycles. The molecule has 0 aliphatic heterocycles. The van der Waals surface area contributed by atoms with Crippen molar-refractivity contribution < 1.29 is 13.3 Å². The zero-order valence-electron chi connectivity index (χ0n) is 63.5. The van der Waals surface area contributed by atoms with E-state index in [1.54, 1.807) is 0 Å². The Morgan fingerprint density at radius 2 is 0.389 bits per heavy atom. The summed E-state index contributed by atoms with van der Waals surface area (Å²) in [5, 5.41) is 8.16. The molecule has 528 valence electrons. The number of fused-ring (bicyclic) bond motifs is 30. The third-order valence-corrected chi connectivity index (χ3v) is 26.6. The Hall–Kier alpha value is -10.9. The summed E-state index contributed by atoms with van der Waals surface area (Å²) in [5.41, 5.74) is 44.4. The summed E-state index contributed by atoms with van der Waals surface area (Å²) in [7, 11) is 0. The summed E-state index contributed by atoms with van der Waals surface area (Å²) in [5.74, 6) is 3.22. The molecule has 6 heteroatoms. The summed E-state index contributed by atoms with van der Waals surface area (Å²) < 4.78 is 22.5. The van der Waals surface area contributed by atoms with Gasteiger partial charge in [0, 0.05) is 117 Å².